The number of anilines is 2. The normalized spacial score (nSPS) is 10.8. The van der Waals surface area contributed by atoms with Crippen molar-refractivity contribution in [3.63, 3.8) is 0 Å². The monoisotopic (exact) mass is 348 g/mol. The predicted octanol–water partition coefficient (Wildman–Crippen LogP) is 2.29. The summed E-state index contributed by atoms with van der Waals surface area (Å²) in [7, 11) is -3.79. The first kappa shape index (κ1) is 17.5. The number of sulfonamides is 1. The Morgan fingerprint density at radius 2 is 1.58 bits per heavy atom. The summed E-state index contributed by atoms with van der Waals surface area (Å²) in [4.78, 5) is 22.1. The Morgan fingerprint density at radius 3 is 2.25 bits per heavy atom. The van der Waals surface area contributed by atoms with Crippen molar-refractivity contribution in [3.05, 3.63) is 54.6 Å². The van der Waals surface area contributed by atoms with E-state index in [1.54, 1.807) is 30.3 Å². The average Bonchev–Trinajstić information content (AvgIpc) is 2.54. The van der Waals surface area contributed by atoms with Crippen LogP contribution in [0.5, 0.6) is 0 Å². The highest BCUT2D eigenvalue weighted by Gasteiger charge is 2.15. The van der Waals surface area contributed by atoms with E-state index in [0.29, 0.717) is 5.69 Å². The van der Waals surface area contributed by atoms with Gasteiger partial charge >= 0.3 is 5.97 Å². The van der Waals surface area contributed by atoms with Crippen LogP contribution in [0.25, 0.3) is 0 Å². The molecule has 0 aromatic heterocycles. The molecule has 2 aromatic carbocycles. The first-order valence-corrected chi connectivity index (χ1v) is 8.55. The number of hydrogen-bond acceptors (Lipinski definition) is 4. The third-order valence-electron chi connectivity index (χ3n) is 3.02. The molecular weight excluding hydrogens is 332 g/mol. The van der Waals surface area contributed by atoms with Crippen molar-refractivity contribution in [2.75, 3.05) is 10.0 Å². The van der Waals surface area contributed by atoms with Crippen LogP contribution >= 0.6 is 0 Å². The smallest absolute Gasteiger partial charge is 0.303 e. The minimum absolute atomic E-state index is 0.0117. The number of carbonyl (C=O) groups is 2. The number of benzene rings is 2. The molecule has 0 aliphatic rings. The number of aliphatic carboxylic acids is 1. The molecule has 3 N–H and O–H groups in total. The Kier molecular flexibility index (Phi) is 5.54. The summed E-state index contributed by atoms with van der Waals surface area (Å²) in [6.45, 7) is 0. The maximum absolute atomic E-state index is 12.4. The van der Waals surface area contributed by atoms with Gasteiger partial charge < -0.3 is 10.4 Å². The van der Waals surface area contributed by atoms with Gasteiger partial charge in [0, 0.05) is 17.8 Å². The SMILES string of the molecule is O=C(O)CCC(=O)Nc1cccc(S(=O)(=O)Nc2ccccc2)c1. The molecule has 0 aliphatic heterocycles. The Balaban J connectivity index is 2.11. The van der Waals surface area contributed by atoms with Crippen LogP contribution in [0.4, 0.5) is 11.4 Å². The van der Waals surface area contributed by atoms with E-state index in [2.05, 4.69) is 10.0 Å². The standard InChI is InChI=1S/C16H16N2O5S/c19-15(9-10-16(20)21)17-13-7-4-8-14(11-13)24(22,23)18-12-5-2-1-3-6-12/h1-8,11,18H,9-10H2,(H,17,19)(H,20,21). The zero-order valence-electron chi connectivity index (χ0n) is 12.6. The largest absolute Gasteiger partial charge is 0.481 e. The lowest BCUT2D eigenvalue weighted by Crippen LogP contribution is -2.15. The van der Waals surface area contributed by atoms with Crippen molar-refractivity contribution >= 4 is 33.3 Å². The van der Waals surface area contributed by atoms with E-state index >= 15 is 0 Å². The van der Waals surface area contributed by atoms with Crippen LogP contribution in [-0.4, -0.2) is 25.4 Å². The summed E-state index contributed by atoms with van der Waals surface area (Å²) in [6.07, 6.45) is -0.478. The summed E-state index contributed by atoms with van der Waals surface area (Å²) >= 11 is 0. The van der Waals surface area contributed by atoms with Crippen LogP contribution in [0.2, 0.25) is 0 Å². The molecule has 1 amide bonds. The third kappa shape index (κ3) is 5.10. The molecule has 0 aliphatic carbocycles. The molecule has 0 radical (unpaired) electrons. The van der Waals surface area contributed by atoms with Crippen LogP contribution in [0.15, 0.2) is 59.5 Å². The number of carboxylic acids is 1. The molecule has 0 heterocycles. The first-order valence-electron chi connectivity index (χ1n) is 7.06. The maximum atomic E-state index is 12.4. The van der Waals surface area contributed by atoms with E-state index in [4.69, 9.17) is 5.11 Å². The number of amides is 1. The molecule has 0 spiro atoms. The van der Waals surface area contributed by atoms with Crippen molar-refractivity contribution < 1.29 is 23.1 Å². The molecular formula is C16H16N2O5S. The predicted molar refractivity (Wildman–Crippen MR) is 89.2 cm³/mol. The molecule has 24 heavy (non-hydrogen) atoms. The van der Waals surface area contributed by atoms with Gasteiger partial charge in [-0.1, -0.05) is 24.3 Å². The molecule has 126 valence electrons. The number of carbonyl (C=O) groups excluding carboxylic acids is 1. The van der Waals surface area contributed by atoms with Crippen molar-refractivity contribution in [1.82, 2.24) is 0 Å². The van der Waals surface area contributed by atoms with E-state index in [1.807, 2.05) is 0 Å². The number of hydrogen-bond donors (Lipinski definition) is 3. The van der Waals surface area contributed by atoms with Gasteiger partial charge in [-0.3, -0.25) is 14.3 Å². The highest BCUT2D eigenvalue weighted by molar-refractivity contribution is 7.92. The van der Waals surface area contributed by atoms with Crippen molar-refractivity contribution in [2.45, 2.75) is 17.7 Å². The molecule has 0 saturated heterocycles. The van der Waals surface area contributed by atoms with Crippen LogP contribution in [0.3, 0.4) is 0 Å². The molecule has 7 nitrogen and oxygen atoms in total. The Morgan fingerprint density at radius 1 is 0.917 bits per heavy atom. The zero-order chi connectivity index (χ0) is 17.6. The molecule has 0 bridgehead atoms. The molecule has 8 heteroatoms. The van der Waals surface area contributed by atoms with Gasteiger partial charge in [0.1, 0.15) is 0 Å². The fourth-order valence-electron chi connectivity index (χ4n) is 1.91. The van der Waals surface area contributed by atoms with Crippen molar-refractivity contribution in [3.8, 4) is 0 Å². The number of para-hydroxylation sites is 1. The summed E-state index contributed by atoms with van der Waals surface area (Å²) in [5.74, 6) is -1.57. The highest BCUT2D eigenvalue weighted by atomic mass is 32.2. The van der Waals surface area contributed by atoms with E-state index in [-0.39, 0.29) is 23.4 Å². The molecule has 0 unspecified atom stereocenters. The second-order valence-electron chi connectivity index (χ2n) is 4.94. The number of carboxylic acid groups (broad SMARTS) is 1. The van der Waals surface area contributed by atoms with Gasteiger partial charge in [-0.15, -0.1) is 0 Å². The summed E-state index contributed by atoms with van der Waals surface area (Å²) < 4.78 is 27.1. The minimum Gasteiger partial charge on any atom is -0.481 e. The van der Waals surface area contributed by atoms with E-state index < -0.39 is 21.9 Å². The van der Waals surface area contributed by atoms with Gasteiger partial charge in [0.15, 0.2) is 0 Å². The van der Waals surface area contributed by atoms with Gasteiger partial charge in [0.2, 0.25) is 5.91 Å². The van der Waals surface area contributed by atoms with Crippen molar-refractivity contribution in [1.29, 1.82) is 0 Å². The van der Waals surface area contributed by atoms with Gasteiger partial charge in [0.25, 0.3) is 10.0 Å². The highest BCUT2D eigenvalue weighted by Crippen LogP contribution is 2.19. The molecule has 0 saturated carbocycles. The first-order chi connectivity index (χ1) is 11.4. The molecule has 2 rings (SSSR count). The van der Waals surface area contributed by atoms with E-state index in [0.717, 1.165) is 0 Å². The number of rotatable bonds is 7. The second kappa shape index (κ2) is 7.60. The van der Waals surface area contributed by atoms with Crippen molar-refractivity contribution in [2.24, 2.45) is 0 Å². The Labute approximate surface area is 139 Å². The van der Waals surface area contributed by atoms with Gasteiger partial charge in [0.05, 0.1) is 11.3 Å². The lowest BCUT2D eigenvalue weighted by molar-refractivity contribution is -0.138. The van der Waals surface area contributed by atoms with Crippen LogP contribution in [0.1, 0.15) is 12.8 Å². The topological polar surface area (TPSA) is 113 Å². The molecule has 0 atom stereocenters. The average molecular weight is 348 g/mol. The lowest BCUT2D eigenvalue weighted by atomic mass is 10.2. The van der Waals surface area contributed by atoms with Gasteiger partial charge in [-0.05, 0) is 30.3 Å². The zero-order valence-corrected chi connectivity index (χ0v) is 13.4. The summed E-state index contributed by atoms with van der Waals surface area (Å²) in [5.41, 5.74) is 0.703. The lowest BCUT2D eigenvalue weighted by Gasteiger charge is -2.10. The quantitative estimate of drug-likeness (QED) is 0.710. The van der Waals surface area contributed by atoms with Crippen LogP contribution in [0, 0.1) is 0 Å². The van der Waals surface area contributed by atoms with Crippen LogP contribution in [-0.2, 0) is 19.6 Å². The maximum Gasteiger partial charge on any atom is 0.303 e. The minimum atomic E-state index is -3.79. The number of nitrogens with one attached hydrogen (secondary N) is 2. The molecule has 2 aromatic rings. The van der Waals surface area contributed by atoms with E-state index in [1.165, 1.54) is 24.3 Å². The van der Waals surface area contributed by atoms with Gasteiger partial charge in [-0.2, -0.15) is 0 Å². The van der Waals surface area contributed by atoms with Gasteiger partial charge in [-0.25, -0.2) is 8.42 Å². The summed E-state index contributed by atoms with van der Waals surface area (Å²) in [5, 5.41) is 11.0. The third-order valence-corrected chi connectivity index (χ3v) is 4.40. The fraction of sp³-hybridized carbons (Fsp3) is 0.125. The Hall–Kier alpha value is -2.87. The second-order valence-corrected chi connectivity index (χ2v) is 6.62. The molecule has 0 fully saturated rings. The Bertz CT molecular complexity index is 835. The fourth-order valence-corrected chi connectivity index (χ4v) is 3.01. The van der Waals surface area contributed by atoms with Crippen LogP contribution < -0.4 is 10.0 Å². The van der Waals surface area contributed by atoms with E-state index in [9.17, 15) is 18.0 Å². The summed E-state index contributed by atoms with van der Waals surface area (Å²) in [6, 6.07) is 14.2.